The Balaban J connectivity index is 1.02. The van der Waals surface area contributed by atoms with Crippen LogP contribution in [0.25, 0.3) is 16.6 Å². The number of nitrogens with zero attached hydrogens (tertiary/aromatic N) is 4. The zero-order chi connectivity index (χ0) is 42.7. The molecule has 2 fully saturated rings. The predicted octanol–water partition coefficient (Wildman–Crippen LogP) is 7.21. The zero-order valence-electron chi connectivity index (χ0n) is 34.3. The van der Waals surface area contributed by atoms with Crippen LogP contribution in [0.4, 0.5) is 5.69 Å². The lowest BCUT2D eigenvalue weighted by Gasteiger charge is -2.39. The van der Waals surface area contributed by atoms with Gasteiger partial charge >= 0.3 is 0 Å². The molecule has 61 heavy (non-hydrogen) atoms. The molecule has 5 heterocycles. The number of aromatic nitrogens is 3. The Morgan fingerprint density at radius 3 is 2.54 bits per heavy atom. The van der Waals surface area contributed by atoms with Gasteiger partial charge in [-0.2, -0.15) is 0 Å². The molecule has 5 aromatic rings. The summed E-state index contributed by atoms with van der Waals surface area (Å²) in [6.45, 7) is 10.00. The first-order valence-corrected chi connectivity index (χ1v) is 22.4. The maximum Gasteiger partial charge on any atom is 0.268 e. The number of sulfonamides is 1. The highest BCUT2D eigenvalue weighted by Gasteiger charge is 2.32. The number of carbonyl (C=O) groups excluding carboxylic acids is 2. The van der Waals surface area contributed by atoms with Crippen LogP contribution >= 0.6 is 11.6 Å². The number of benzene rings is 2. The van der Waals surface area contributed by atoms with Gasteiger partial charge in [0.1, 0.15) is 27.6 Å². The third-order valence-corrected chi connectivity index (χ3v) is 13.4. The van der Waals surface area contributed by atoms with Gasteiger partial charge in [0.15, 0.2) is 0 Å². The molecule has 3 aromatic heterocycles. The number of ether oxygens (including phenoxy) is 3. The van der Waals surface area contributed by atoms with Crippen molar-refractivity contribution in [2.24, 2.45) is 17.1 Å². The van der Waals surface area contributed by atoms with E-state index in [0.717, 1.165) is 87.0 Å². The van der Waals surface area contributed by atoms with E-state index in [1.54, 1.807) is 30.5 Å². The number of hydrogen-bond acceptors (Lipinski definition) is 11. The van der Waals surface area contributed by atoms with Gasteiger partial charge in [-0.05, 0) is 97.0 Å². The Morgan fingerprint density at radius 1 is 1.02 bits per heavy atom. The number of hydrogen-bond donors (Lipinski definition) is 3. The van der Waals surface area contributed by atoms with Gasteiger partial charge in [-0.25, -0.2) is 23.1 Å². The van der Waals surface area contributed by atoms with Crippen LogP contribution in [0.3, 0.4) is 0 Å². The molecule has 16 heteroatoms. The second-order valence-corrected chi connectivity index (χ2v) is 18.8. The number of primary amides is 1. The standard InChI is InChI=1S/C45H50ClN7O7S/c1-45(2)14-9-32(37(25-45)30-3-5-33(46)6-4-30)27-52-17-19-53(20-18-52)34-7-8-36(38(24-34)60-35-23-31-10-15-48-42(31)50-26-35)43(55)51-61(56,57)39-11-16-49-44(40(39)41(47)54)59-28-29-12-21-58-22-13-29/h3-8,10-11,15-16,23-24,26,29H,9,12-14,17-22,25,27-28H2,1-2H3,(H2,47,54)(H,48,50)(H,51,55). The lowest BCUT2D eigenvalue weighted by molar-refractivity contribution is 0.0487. The average Bonchev–Trinajstić information content (AvgIpc) is 3.72. The number of nitrogens with one attached hydrogen (secondary N) is 2. The van der Waals surface area contributed by atoms with Crippen LogP contribution in [-0.2, 0) is 14.8 Å². The maximum atomic E-state index is 14.0. The van der Waals surface area contributed by atoms with Crippen molar-refractivity contribution in [2.75, 3.05) is 57.4 Å². The van der Waals surface area contributed by atoms with E-state index in [4.69, 9.17) is 31.5 Å². The SMILES string of the molecule is CC1(C)CCC(CN2CCN(c3ccc(C(=O)NS(=O)(=O)c4ccnc(OCC5CCOCC5)c4C(N)=O)c(Oc4cnc5[nH]ccc5c4)c3)CC2)=C(c2ccc(Cl)cc2)C1. The Morgan fingerprint density at radius 2 is 1.79 bits per heavy atom. The molecule has 0 unspecified atom stereocenters. The van der Waals surface area contributed by atoms with Gasteiger partial charge in [-0.1, -0.05) is 43.2 Å². The number of aromatic amines is 1. The molecule has 0 atom stereocenters. The Labute approximate surface area is 360 Å². The fraction of sp³-hybridized carbons (Fsp3) is 0.378. The number of anilines is 1. The van der Waals surface area contributed by atoms with Crippen molar-refractivity contribution in [1.82, 2.24) is 24.6 Å². The normalized spacial score (nSPS) is 17.7. The molecule has 4 N–H and O–H groups in total. The fourth-order valence-corrected chi connectivity index (χ4v) is 9.59. The van der Waals surface area contributed by atoms with Gasteiger partial charge in [0.05, 0.1) is 18.4 Å². The summed E-state index contributed by atoms with van der Waals surface area (Å²) in [5, 5.41) is 1.52. The van der Waals surface area contributed by atoms with Crippen LogP contribution in [0.2, 0.25) is 5.02 Å². The van der Waals surface area contributed by atoms with Crippen LogP contribution in [0.1, 0.15) is 72.2 Å². The molecule has 8 rings (SSSR count). The lowest BCUT2D eigenvalue weighted by Crippen LogP contribution is -2.47. The molecule has 2 aromatic carbocycles. The highest BCUT2D eigenvalue weighted by atomic mass is 35.5. The van der Waals surface area contributed by atoms with Crippen LogP contribution in [0.5, 0.6) is 17.4 Å². The highest BCUT2D eigenvalue weighted by Crippen LogP contribution is 2.43. The van der Waals surface area contributed by atoms with Gasteiger partial charge in [0, 0.05) is 80.5 Å². The zero-order valence-corrected chi connectivity index (χ0v) is 35.9. The van der Waals surface area contributed by atoms with E-state index >= 15 is 0 Å². The van der Waals surface area contributed by atoms with Crippen molar-refractivity contribution in [3.63, 3.8) is 0 Å². The molecular weight excluding hydrogens is 818 g/mol. The molecule has 0 radical (unpaired) electrons. The summed E-state index contributed by atoms with van der Waals surface area (Å²) in [6, 6.07) is 18.0. The summed E-state index contributed by atoms with van der Waals surface area (Å²) in [5.74, 6) is -1.66. The molecule has 1 aliphatic carbocycles. The van der Waals surface area contributed by atoms with Gasteiger partial charge < -0.3 is 29.8 Å². The van der Waals surface area contributed by atoms with Crippen LogP contribution in [0.15, 0.2) is 89.7 Å². The second-order valence-electron chi connectivity index (χ2n) is 16.7. The van der Waals surface area contributed by atoms with Crippen molar-refractivity contribution < 1.29 is 32.2 Å². The first-order valence-electron chi connectivity index (χ1n) is 20.6. The van der Waals surface area contributed by atoms with Crippen molar-refractivity contribution >= 4 is 55.7 Å². The monoisotopic (exact) mass is 867 g/mol. The first kappa shape index (κ1) is 42.2. The fourth-order valence-electron chi connectivity index (χ4n) is 8.31. The smallest absolute Gasteiger partial charge is 0.268 e. The number of carbonyl (C=O) groups is 2. The van der Waals surface area contributed by atoms with E-state index < -0.39 is 32.3 Å². The molecule has 3 aliphatic rings. The molecule has 14 nitrogen and oxygen atoms in total. The minimum atomic E-state index is -4.68. The minimum absolute atomic E-state index is 0.0484. The molecular formula is C45H50ClN7O7S. The number of rotatable bonds is 13. The number of H-pyrrole nitrogens is 1. The molecule has 0 spiro atoms. The van der Waals surface area contributed by atoms with E-state index in [9.17, 15) is 18.0 Å². The van der Waals surface area contributed by atoms with Crippen LogP contribution < -0.4 is 24.8 Å². The van der Waals surface area contributed by atoms with E-state index in [1.807, 2.05) is 18.2 Å². The maximum absolute atomic E-state index is 14.0. The summed E-state index contributed by atoms with van der Waals surface area (Å²) >= 11 is 6.24. The van der Waals surface area contributed by atoms with E-state index in [-0.39, 0.29) is 35.1 Å². The van der Waals surface area contributed by atoms with Crippen molar-refractivity contribution in [3.05, 3.63) is 107 Å². The van der Waals surface area contributed by atoms with E-state index in [0.29, 0.717) is 24.6 Å². The van der Waals surface area contributed by atoms with E-state index in [1.165, 1.54) is 29.1 Å². The summed E-state index contributed by atoms with van der Waals surface area (Å²) in [5.41, 5.74) is 11.0. The predicted molar refractivity (Wildman–Crippen MR) is 234 cm³/mol. The second kappa shape index (κ2) is 17.9. The number of pyridine rings is 2. The molecule has 0 bridgehead atoms. The average molecular weight is 868 g/mol. The Kier molecular flexibility index (Phi) is 12.4. The van der Waals surface area contributed by atoms with E-state index in [2.05, 4.69) is 55.5 Å². The van der Waals surface area contributed by atoms with Crippen molar-refractivity contribution in [3.8, 4) is 17.4 Å². The third-order valence-electron chi connectivity index (χ3n) is 11.8. The van der Waals surface area contributed by atoms with Gasteiger partial charge in [0.25, 0.3) is 21.8 Å². The topological polar surface area (TPSA) is 182 Å². The number of nitrogens with two attached hydrogens (primary N) is 1. The molecule has 0 saturated carbocycles. The summed E-state index contributed by atoms with van der Waals surface area (Å²) in [7, 11) is -4.68. The van der Waals surface area contributed by atoms with Crippen LogP contribution in [-0.4, -0.2) is 92.6 Å². The highest BCUT2D eigenvalue weighted by molar-refractivity contribution is 7.90. The number of halogens is 1. The molecule has 2 saturated heterocycles. The lowest BCUT2D eigenvalue weighted by atomic mass is 9.72. The third kappa shape index (κ3) is 9.86. The quantitative estimate of drug-likeness (QED) is 0.109. The first-order chi connectivity index (χ1) is 29.3. The molecule has 320 valence electrons. The summed E-state index contributed by atoms with van der Waals surface area (Å²) < 4.78 is 47.5. The number of amides is 2. The van der Waals surface area contributed by atoms with Gasteiger partial charge in [0.2, 0.25) is 5.88 Å². The molecule has 2 amide bonds. The van der Waals surface area contributed by atoms with Crippen molar-refractivity contribution in [2.45, 2.75) is 50.8 Å². The van der Waals surface area contributed by atoms with Gasteiger partial charge in [-0.15, -0.1) is 0 Å². The van der Waals surface area contributed by atoms with Crippen molar-refractivity contribution in [1.29, 1.82) is 0 Å². The minimum Gasteiger partial charge on any atom is -0.477 e. The Hall–Kier alpha value is -5.48. The number of allylic oxidation sites excluding steroid dienone is 1. The number of piperazine rings is 1. The summed E-state index contributed by atoms with van der Waals surface area (Å²) in [4.78, 5) is 42.5. The molecule has 2 aliphatic heterocycles. The van der Waals surface area contributed by atoms with Gasteiger partial charge in [-0.3, -0.25) is 14.5 Å². The largest absolute Gasteiger partial charge is 0.477 e. The summed E-state index contributed by atoms with van der Waals surface area (Å²) in [6.07, 6.45) is 9.18. The number of fused-ring (bicyclic) bond motifs is 1. The van der Waals surface area contributed by atoms with Crippen LogP contribution in [0, 0.1) is 11.3 Å². The Bertz CT molecular complexity index is 2560.